The van der Waals surface area contributed by atoms with Crippen LogP contribution in [0.1, 0.15) is 80.9 Å². The summed E-state index contributed by atoms with van der Waals surface area (Å²) in [7, 11) is 0. The molecule has 4 aliphatic heterocycles. The van der Waals surface area contributed by atoms with Crippen molar-refractivity contribution in [3.63, 3.8) is 0 Å². The molecule has 6 unspecified atom stereocenters. The third-order valence-electron chi connectivity index (χ3n) is 11.0. The van der Waals surface area contributed by atoms with Crippen LogP contribution in [0.15, 0.2) is 48.6 Å². The van der Waals surface area contributed by atoms with Crippen LogP contribution < -0.4 is 10.6 Å². The second kappa shape index (κ2) is 12.0. The third-order valence-corrected chi connectivity index (χ3v) is 11.0. The number of nitrogens with one attached hydrogen (secondary N) is 2. The molecule has 4 bridgehead atoms. The van der Waals surface area contributed by atoms with E-state index >= 15 is 0 Å². The van der Waals surface area contributed by atoms with Gasteiger partial charge >= 0.3 is 11.9 Å². The summed E-state index contributed by atoms with van der Waals surface area (Å²) < 4.78 is 11.3. The number of piperidine rings is 2. The van der Waals surface area contributed by atoms with E-state index in [1.165, 1.54) is 0 Å². The summed E-state index contributed by atoms with van der Waals surface area (Å²) in [5.41, 5.74) is 5.08. The first-order chi connectivity index (χ1) is 22.4. The van der Waals surface area contributed by atoms with Crippen molar-refractivity contribution in [1.82, 2.24) is 20.4 Å². The van der Waals surface area contributed by atoms with Crippen molar-refractivity contribution < 1.29 is 28.7 Å². The number of aryl methyl sites for hydroxylation is 2. The minimum Gasteiger partial charge on any atom is -0.454 e. The van der Waals surface area contributed by atoms with Crippen LogP contribution in [0, 0.1) is 11.8 Å². The van der Waals surface area contributed by atoms with Crippen molar-refractivity contribution in [3.8, 4) is 0 Å². The van der Waals surface area contributed by atoms with Gasteiger partial charge in [0.1, 0.15) is 12.2 Å². The average molecular weight is 625 g/mol. The molecule has 4 saturated heterocycles. The molecule has 2 aromatic carbocycles. The van der Waals surface area contributed by atoms with Gasteiger partial charge in [-0.3, -0.25) is 9.59 Å². The molecule has 240 valence electrons. The van der Waals surface area contributed by atoms with E-state index in [9.17, 15) is 19.2 Å². The molecule has 2 amide bonds. The number of hydrogen-bond donors (Lipinski definition) is 2. The first kappa shape index (κ1) is 29.4. The Hall–Kier alpha value is -4.02. The van der Waals surface area contributed by atoms with E-state index in [2.05, 4.69) is 20.4 Å². The summed E-state index contributed by atoms with van der Waals surface area (Å²) in [4.78, 5) is 55.9. The van der Waals surface area contributed by atoms with Gasteiger partial charge in [0.2, 0.25) is 0 Å². The summed E-state index contributed by atoms with van der Waals surface area (Å²) in [6.07, 6.45) is 6.35. The van der Waals surface area contributed by atoms with E-state index in [0.717, 1.165) is 86.5 Å². The minimum absolute atomic E-state index is 0.0522. The molecule has 8 rings (SSSR count). The standard InChI is InChI=1S/C36H40N4O6/c41-33(45-31-7-3-21-15-23(1-5-27(21)31)35(43)37-29-19-39-13-11-25(29)17-39)9-10-34(42)46-32-8-4-22-16-24(2-6-28(22)32)36(44)38-30-20-40-14-12-26(30)18-40/h1-2,5-6,9-10,15-16,25-26,29-32H,3-4,7-8,11-14,17-20H2,(H,37,43)(H,38,44)/b10-9+/t25-,26-,29?,30?,31?,32?/m0/s1. The lowest BCUT2D eigenvalue weighted by molar-refractivity contribution is -0.146. The van der Waals surface area contributed by atoms with Crippen LogP contribution in [-0.4, -0.2) is 84.9 Å². The quantitative estimate of drug-likeness (QED) is 0.340. The molecule has 6 aliphatic rings. The molecule has 8 atom stereocenters. The SMILES string of the molecule is O=C(/C=C/C(=O)OC1CCc2cc(C(=O)NC3CN4CC[C@H]3C4)ccc21)OC1CCc2cc(C(=O)NC3CN4CC[C@H]3C4)ccc21. The number of fused-ring (bicyclic) bond motifs is 6. The monoisotopic (exact) mass is 624 g/mol. The van der Waals surface area contributed by atoms with Crippen molar-refractivity contribution in [2.45, 2.75) is 62.8 Å². The molecule has 2 aliphatic carbocycles. The maximum Gasteiger partial charge on any atom is 0.331 e. The van der Waals surface area contributed by atoms with Crippen molar-refractivity contribution in [2.24, 2.45) is 11.8 Å². The zero-order chi connectivity index (χ0) is 31.4. The van der Waals surface area contributed by atoms with Gasteiger partial charge in [-0.05, 0) is 110 Å². The Kier molecular flexibility index (Phi) is 7.65. The summed E-state index contributed by atoms with van der Waals surface area (Å²) in [6.45, 7) is 6.26. The van der Waals surface area contributed by atoms with Gasteiger partial charge in [0, 0.05) is 61.5 Å². The van der Waals surface area contributed by atoms with Crippen molar-refractivity contribution >= 4 is 23.8 Å². The Morgan fingerprint density at radius 1 is 0.630 bits per heavy atom. The molecule has 0 saturated carbocycles. The Bertz CT molecular complexity index is 1500. The predicted molar refractivity (Wildman–Crippen MR) is 168 cm³/mol. The fraction of sp³-hybridized carbons (Fsp3) is 0.500. The van der Waals surface area contributed by atoms with Crippen LogP contribution in [-0.2, 0) is 31.9 Å². The topological polar surface area (TPSA) is 117 Å². The van der Waals surface area contributed by atoms with E-state index < -0.39 is 24.1 Å². The smallest absolute Gasteiger partial charge is 0.331 e. The van der Waals surface area contributed by atoms with Crippen molar-refractivity contribution in [3.05, 3.63) is 81.9 Å². The summed E-state index contributed by atoms with van der Waals surface area (Å²) >= 11 is 0. The number of hydrogen-bond acceptors (Lipinski definition) is 8. The lowest BCUT2D eigenvalue weighted by Gasteiger charge is -2.23. The van der Waals surface area contributed by atoms with Crippen molar-refractivity contribution in [1.29, 1.82) is 0 Å². The van der Waals surface area contributed by atoms with Crippen molar-refractivity contribution in [2.75, 3.05) is 39.3 Å². The van der Waals surface area contributed by atoms with E-state index in [1.54, 1.807) is 12.1 Å². The highest BCUT2D eigenvalue weighted by molar-refractivity contribution is 5.95. The highest BCUT2D eigenvalue weighted by Gasteiger charge is 2.40. The van der Waals surface area contributed by atoms with Crippen LogP contribution in [0.4, 0.5) is 0 Å². The van der Waals surface area contributed by atoms with Crippen LogP contribution in [0.25, 0.3) is 0 Å². The van der Waals surface area contributed by atoms with Gasteiger partial charge in [-0.1, -0.05) is 12.1 Å². The Morgan fingerprint density at radius 3 is 1.48 bits per heavy atom. The third kappa shape index (κ3) is 5.73. The summed E-state index contributed by atoms with van der Waals surface area (Å²) in [5.74, 6) is -0.240. The first-order valence-corrected chi connectivity index (χ1v) is 16.8. The summed E-state index contributed by atoms with van der Waals surface area (Å²) in [6, 6.07) is 11.6. The molecular weight excluding hydrogens is 584 g/mol. The molecular formula is C36H40N4O6. The molecule has 2 aromatic rings. The molecule has 10 nitrogen and oxygen atoms in total. The maximum atomic E-state index is 12.9. The Labute approximate surface area is 268 Å². The second-order valence-corrected chi connectivity index (χ2v) is 13.9. The fourth-order valence-corrected chi connectivity index (χ4v) is 8.58. The number of carbonyl (C=O) groups is 4. The van der Waals surface area contributed by atoms with Crippen LogP contribution in [0.5, 0.6) is 0 Å². The van der Waals surface area contributed by atoms with E-state index in [1.807, 2.05) is 24.3 Å². The van der Waals surface area contributed by atoms with Gasteiger partial charge in [0.25, 0.3) is 11.8 Å². The minimum atomic E-state index is -0.613. The lowest BCUT2D eigenvalue weighted by atomic mass is 9.99. The first-order valence-electron chi connectivity index (χ1n) is 16.8. The molecule has 0 aromatic heterocycles. The number of rotatable bonds is 8. The highest BCUT2D eigenvalue weighted by atomic mass is 16.5. The number of amides is 2. The van der Waals surface area contributed by atoms with Gasteiger partial charge in [0.05, 0.1) is 0 Å². The Morgan fingerprint density at radius 2 is 1.09 bits per heavy atom. The van der Waals surface area contributed by atoms with E-state index in [4.69, 9.17) is 9.47 Å². The van der Waals surface area contributed by atoms with E-state index in [-0.39, 0.29) is 23.9 Å². The van der Waals surface area contributed by atoms with Crippen LogP contribution in [0.2, 0.25) is 0 Å². The molecule has 0 spiro atoms. The number of benzene rings is 2. The normalized spacial score (nSPS) is 31.6. The molecule has 4 fully saturated rings. The van der Waals surface area contributed by atoms with E-state index in [0.29, 0.717) is 48.6 Å². The number of esters is 2. The highest BCUT2D eigenvalue weighted by Crippen LogP contribution is 2.37. The zero-order valence-electron chi connectivity index (χ0n) is 25.9. The number of nitrogens with zero attached hydrogens (tertiary/aromatic N) is 2. The molecule has 2 N–H and O–H groups in total. The van der Waals surface area contributed by atoms with Crippen LogP contribution in [0.3, 0.4) is 0 Å². The molecule has 0 radical (unpaired) electrons. The molecule has 10 heteroatoms. The van der Waals surface area contributed by atoms with Gasteiger partial charge in [-0.25, -0.2) is 9.59 Å². The van der Waals surface area contributed by atoms with Gasteiger partial charge in [0.15, 0.2) is 0 Å². The van der Waals surface area contributed by atoms with Crippen LogP contribution >= 0.6 is 0 Å². The molecule has 4 heterocycles. The average Bonchev–Trinajstić information content (AvgIpc) is 3.91. The lowest BCUT2D eigenvalue weighted by Crippen LogP contribution is -2.43. The largest absolute Gasteiger partial charge is 0.454 e. The molecule has 46 heavy (non-hydrogen) atoms. The van der Waals surface area contributed by atoms with Gasteiger partial charge in [-0.2, -0.15) is 0 Å². The fourth-order valence-electron chi connectivity index (χ4n) is 8.58. The number of ether oxygens (including phenoxy) is 2. The predicted octanol–water partition coefficient (Wildman–Crippen LogP) is 2.87. The van der Waals surface area contributed by atoms with Gasteiger partial charge in [-0.15, -0.1) is 0 Å². The second-order valence-electron chi connectivity index (χ2n) is 13.9. The number of carbonyl (C=O) groups excluding carboxylic acids is 4. The Balaban J connectivity index is 0.820. The van der Waals surface area contributed by atoms with Gasteiger partial charge < -0.3 is 29.9 Å². The zero-order valence-corrected chi connectivity index (χ0v) is 25.9. The maximum absolute atomic E-state index is 12.9. The summed E-state index contributed by atoms with van der Waals surface area (Å²) in [5, 5.41) is 6.41.